The monoisotopic (exact) mass is 257 g/mol. The Morgan fingerprint density at radius 3 is 2.79 bits per heavy atom. The fraction of sp³-hybridized carbons (Fsp3) is 0.333. The van der Waals surface area contributed by atoms with Crippen LogP contribution in [0.2, 0.25) is 0 Å². The van der Waals surface area contributed by atoms with E-state index in [2.05, 4.69) is 16.9 Å². The second-order valence-electron chi connectivity index (χ2n) is 4.50. The van der Waals surface area contributed by atoms with Crippen molar-refractivity contribution in [1.82, 2.24) is 9.97 Å². The van der Waals surface area contributed by atoms with Gasteiger partial charge in [0.25, 0.3) is 0 Å². The van der Waals surface area contributed by atoms with Crippen molar-refractivity contribution >= 4 is 0 Å². The van der Waals surface area contributed by atoms with Gasteiger partial charge < -0.3 is 10.5 Å². The number of ether oxygens (including phenoxy) is 1. The molecule has 0 radical (unpaired) electrons. The molecule has 4 nitrogen and oxygen atoms in total. The van der Waals surface area contributed by atoms with Crippen molar-refractivity contribution in [3.05, 3.63) is 47.4 Å². The summed E-state index contributed by atoms with van der Waals surface area (Å²) in [6.45, 7) is 4.63. The van der Waals surface area contributed by atoms with E-state index in [9.17, 15) is 0 Å². The Hall–Kier alpha value is -1.94. The second kappa shape index (κ2) is 6.29. The fourth-order valence-corrected chi connectivity index (χ4v) is 1.82. The lowest BCUT2D eigenvalue weighted by molar-refractivity contribution is 0.456. The highest BCUT2D eigenvalue weighted by atomic mass is 16.5. The zero-order valence-corrected chi connectivity index (χ0v) is 11.4. The van der Waals surface area contributed by atoms with Gasteiger partial charge in [-0.3, -0.25) is 0 Å². The average Bonchev–Trinajstić information content (AvgIpc) is 2.42. The smallest absolute Gasteiger partial charge is 0.222 e. The molecule has 0 aliphatic heterocycles. The predicted octanol–water partition coefficient (Wildman–Crippen LogP) is 2.99. The summed E-state index contributed by atoms with van der Waals surface area (Å²) in [5.41, 5.74) is 8.75. The molecule has 1 aromatic heterocycles. The molecule has 0 aliphatic rings. The van der Waals surface area contributed by atoms with Crippen molar-refractivity contribution in [3.8, 4) is 11.6 Å². The number of aryl methyl sites for hydroxylation is 2. The summed E-state index contributed by atoms with van der Waals surface area (Å²) in [4.78, 5) is 8.36. The third-order valence-corrected chi connectivity index (χ3v) is 2.91. The van der Waals surface area contributed by atoms with Gasteiger partial charge in [0.05, 0.1) is 0 Å². The Kier molecular flexibility index (Phi) is 4.47. The molecule has 0 fully saturated rings. The highest BCUT2D eigenvalue weighted by Crippen LogP contribution is 2.25. The maximum absolute atomic E-state index is 5.83. The third-order valence-electron chi connectivity index (χ3n) is 2.91. The van der Waals surface area contributed by atoms with Crippen LogP contribution < -0.4 is 10.5 Å². The summed E-state index contributed by atoms with van der Waals surface area (Å²) >= 11 is 0. The van der Waals surface area contributed by atoms with Gasteiger partial charge in [0, 0.05) is 18.3 Å². The molecule has 1 heterocycles. The average molecular weight is 257 g/mol. The zero-order valence-electron chi connectivity index (χ0n) is 11.4. The molecule has 0 amide bonds. The van der Waals surface area contributed by atoms with Crippen molar-refractivity contribution in [1.29, 1.82) is 0 Å². The fourth-order valence-electron chi connectivity index (χ4n) is 1.82. The van der Waals surface area contributed by atoms with E-state index in [0.29, 0.717) is 12.4 Å². The lowest BCUT2D eigenvalue weighted by Crippen LogP contribution is -1.99. The van der Waals surface area contributed by atoms with Gasteiger partial charge in [0.2, 0.25) is 5.88 Å². The quantitative estimate of drug-likeness (QED) is 0.894. The molecule has 0 saturated carbocycles. The number of nitrogens with zero attached hydrogens (tertiary/aromatic N) is 2. The van der Waals surface area contributed by atoms with E-state index in [4.69, 9.17) is 10.5 Å². The van der Waals surface area contributed by atoms with Gasteiger partial charge >= 0.3 is 0 Å². The van der Waals surface area contributed by atoms with Gasteiger partial charge in [-0.05, 0) is 30.5 Å². The van der Waals surface area contributed by atoms with E-state index in [0.717, 1.165) is 35.4 Å². The van der Waals surface area contributed by atoms with Crippen LogP contribution in [0.1, 0.15) is 30.2 Å². The number of hydrogen-bond acceptors (Lipinski definition) is 4. The first-order valence-corrected chi connectivity index (χ1v) is 6.51. The van der Waals surface area contributed by atoms with Crippen LogP contribution in [0.5, 0.6) is 11.6 Å². The van der Waals surface area contributed by atoms with Crippen molar-refractivity contribution < 1.29 is 4.74 Å². The van der Waals surface area contributed by atoms with E-state index < -0.39 is 0 Å². The van der Waals surface area contributed by atoms with E-state index in [-0.39, 0.29) is 0 Å². The lowest BCUT2D eigenvalue weighted by atomic mass is 10.1. The van der Waals surface area contributed by atoms with Gasteiger partial charge in [-0.2, -0.15) is 0 Å². The number of rotatable bonds is 5. The van der Waals surface area contributed by atoms with Crippen molar-refractivity contribution in [3.63, 3.8) is 0 Å². The Balaban J connectivity index is 2.22. The minimum atomic E-state index is 0.501. The first kappa shape index (κ1) is 13.5. The second-order valence-corrected chi connectivity index (χ2v) is 4.50. The molecule has 0 atom stereocenters. The summed E-state index contributed by atoms with van der Waals surface area (Å²) in [6.07, 6.45) is 3.53. The van der Waals surface area contributed by atoms with Crippen LogP contribution in [0.3, 0.4) is 0 Å². The topological polar surface area (TPSA) is 61.0 Å². The standard InChI is InChI=1S/C15H19N3O/c1-3-4-13-8-15(18-10-17-13)19-14-7-12(9-16)6-5-11(14)2/h5-8,10H,3-4,9,16H2,1-2H3. The van der Waals surface area contributed by atoms with E-state index in [1.54, 1.807) is 6.33 Å². The Bertz CT molecular complexity index is 555. The van der Waals surface area contributed by atoms with Crippen molar-refractivity contribution in [2.75, 3.05) is 0 Å². The number of nitrogens with two attached hydrogens (primary N) is 1. The maximum Gasteiger partial charge on any atom is 0.222 e. The molecule has 2 aromatic rings. The highest BCUT2D eigenvalue weighted by molar-refractivity contribution is 5.38. The minimum Gasteiger partial charge on any atom is -0.439 e. The molecule has 2 rings (SSSR count). The molecule has 1 aromatic carbocycles. The van der Waals surface area contributed by atoms with Gasteiger partial charge in [-0.15, -0.1) is 0 Å². The lowest BCUT2D eigenvalue weighted by Gasteiger charge is -2.09. The molecule has 0 unspecified atom stereocenters. The van der Waals surface area contributed by atoms with E-state index >= 15 is 0 Å². The van der Waals surface area contributed by atoms with Crippen LogP contribution in [0, 0.1) is 6.92 Å². The summed E-state index contributed by atoms with van der Waals surface area (Å²) in [5, 5.41) is 0. The molecular weight excluding hydrogens is 238 g/mol. The minimum absolute atomic E-state index is 0.501. The van der Waals surface area contributed by atoms with Crippen LogP contribution >= 0.6 is 0 Å². The molecule has 0 spiro atoms. The largest absolute Gasteiger partial charge is 0.439 e. The van der Waals surface area contributed by atoms with Gasteiger partial charge in [0.1, 0.15) is 12.1 Å². The SMILES string of the molecule is CCCc1cc(Oc2cc(CN)ccc2C)ncn1. The summed E-state index contributed by atoms with van der Waals surface area (Å²) in [7, 11) is 0. The maximum atomic E-state index is 5.83. The zero-order chi connectivity index (χ0) is 13.7. The van der Waals surface area contributed by atoms with Crippen LogP contribution in [0.25, 0.3) is 0 Å². The normalized spacial score (nSPS) is 10.5. The van der Waals surface area contributed by atoms with Gasteiger partial charge in [-0.25, -0.2) is 9.97 Å². The van der Waals surface area contributed by atoms with Gasteiger partial charge in [0.15, 0.2) is 0 Å². The molecule has 2 N–H and O–H groups in total. The number of hydrogen-bond donors (Lipinski definition) is 1. The molecule has 4 heteroatoms. The van der Waals surface area contributed by atoms with Crippen LogP contribution in [-0.4, -0.2) is 9.97 Å². The van der Waals surface area contributed by atoms with Crippen molar-refractivity contribution in [2.24, 2.45) is 5.73 Å². The number of aromatic nitrogens is 2. The van der Waals surface area contributed by atoms with Crippen LogP contribution in [0.15, 0.2) is 30.6 Å². The molecular formula is C15H19N3O. The van der Waals surface area contributed by atoms with Crippen molar-refractivity contribution in [2.45, 2.75) is 33.2 Å². The Labute approximate surface area is 113 Å². The number of benzene rings is 1. The van der Waals surface area contributed by atoms with E-state index in [1.807, 2.05) is 31.2 Å². The molecule has 0 saturated heterocycles. The summed E-state index contributed by atoms with van der Waals surface area (Å²) < 4.78 is 5.83. The molecule has 100 valence electrons. The Morgan fingerprint density at radius 2 is 2.05 bits per heavy atom. The molecule has 0 aliphatic carbocycles. The first-order valence-electron chi connectivity index (χ1n) is 6.51. The summed E-state index contributed by atoms with van der Waals surface area (Å²) in [5.74, 6) is 1.37. The first-order chi connectivity index (χ1) is 9.22. The molecule has 19 heavy (non-hydrogen) atoms. The van der Waals surface area contributed by atoms with Crippen LogP contribution in [-0.2, 0) is 13.0 Å². The van der Waals surface area contributed by atoms with Gasteiger partial charge in [-0.1, -0.05) is 25.5 Å². The molecule has 0 bridgehead atoms. The predicted molar refractivity (Wildman–Crippen MR) is 75.2 cm³/mol. The summed E-state index contributed by atoms with van der Waals surface area (Å²) in [6, 6.07) is 7.85. The third kappa shape index (κ3) is 3.51. The Morgan fingerprint density at radius 1 is 1.21 bits per heavy atom. The van der Waals surface area contributed by atoms with E-state index in [1.165, 1.54) is 0 Å². The van der Waals surface area contributed by atoms with Crippen LogP contribution in [0.4, 0.5) is 0 Å². The highest BCUT2D eigenvalue weighted by Gasteiger charge is 2.05.